The van der Waals surface area contributed by atoms with Crippen molar-refractivity contribution in [1.82, 2.24) is 19.2 Å². The molecule has 0 unspecified atom stereocenters. The molecule has 4 rings (SSSR count). The number of thiophene rings is 1. The highest BCUT2D eigenvalue weighted by Gasteiger charge is 2.18. The van der Waals surface area contributed by atoms with Gasteiger partial charge in [-0.3, -0.25) is 4.57 Å². The van der Waals surface area contributed by atoms with Gasteiger partial charge in [0.1, 0.15) is 4.83 Å². The minimum Gasteiger partial charge on any atom is -0.286 e. The molecular weight excluding hydrogens is 308 g/mol. The summed E-state index contributed by atoms with van der Waals surface area (Å²) in [6, 6.07) is 10.1. The van der Waals surface area contributed by atoms with E-state index in [1.54, 1.807) is 23.0 Å². The van der Waals surface area contributed by atoms with Crippen LogP contribution in [-0.2, 0) is 13.5 Å². The lowest BCUT2D eigenvalue weighted by atomic mass is 10.1. The number of rotatable bonds is 2. The van der Waals surface area contributed by atoms with Crippen LogP contribution in [0.5, 0.6) is 0 Å². The largest absolute Gasteiger partial charge is 0.351 e. The van der Waals surface area contributed by atoms with E-state index >= 15 is 0 Å². The van der Waals surface area contributed by atoms with E-state index in [2.05, 4.69) is 23.9 Å². The Balaban J connectivity index is 1.99. The fourth-order valence-electron chi connectivity index (χ4n) is 2.84. The predicted octanol–water partition coefficient (Wildman–Crippen LogP) is 2.85. The molecule has 0 fully saturated rings. The van der Waals surface area contributed by atoms with Crippen LogP contribution in [0.4, 0.5) is 0 Å². The van der Waals surface area contributed by atoms with Crippen molar-refractivity contribution in [2.75, 3.05) is 0 Å². The second kappa shape index (κ2) is 5.03. The second-order valence-corrected chi connectivity index (χ2v) is 6.93. The highest BCUT2D eigenvalue weighted by molar-refractivity contribution is 7.19. The molecule has 1 aromatic carbocycles. The topological polar surface area (TPSA) is 52.2 Å². The number of hydrogen-bond acceptors (Lipinski definition) is 4. The lowest BCUT2D eigenvalue weighted by molar-refractivity contribution is 0.764. The number of aromatic nitrogens is 4. The molecule has 6 heteroatoms. The molecule has 3 aromatic heterocycles. The van der Waals surface area contributed by atoms with Gasteiger partial charge in [-0.25, -0.2) is 9.78 Å². The smallest absolute Gasteiger partial charge is 0.286 e. The van der Waals surface area contributed by atoms with Crippen LogP contribution in [0.1, 0.15) is 21.8 Å². The molecule has 0 radical (unpaired) electrons. The first-order chi connectivity index (χ1) is 11.1. The van der Waals surface area contributed by atoms with E-state index in [1.165, 1.54) is 15.0 Å². The Morgan fingerprint density at radius 1 is 1.17 bits per heavy atom. The van der Waals surface area contributed by atoms with Crippen molar-refractivity contribution in [2.45, 2.75) is 20.3 Å². The molecular formula is C17H16N4OS. The summed E-state index contributed by atoms with van der Waals surface area (Å²) in [7, 11) is 1.79. The van der Waals surface area contributed by atoms with Gasteiger partial charge in [0.05, 0.1) is 5.39 Å². The fraction of sp³-hybridized carbons (Fsp3) is 0.235. The molecule has 0 aliphatic carbocycles. The summed E-state index contributed by atoms with van der Waals surface area (Å²) < 4.78 is 3.09. The Morgan fingerprint density at radius 2 is 1.91 bits per heavy atom. The van der Waals surface area contributed by atoms with Crippen molar-refractivity contribution in [2.24, 2.45) is 7.05 Å². The molecule has 0 saturated carbocycles. The van der Waals surface area contributed by atoms with Gasteiger partial charge >= 0.3 is 5.69 Å². The average Bonchev–Trinajstić information content (AvgIpc) is 3.08. The minimum absolute atomic E-state index is 0.152. The van der Waals surface area contributed by atoms with Crippen LogP contribution >= 0.6 is 11.3 Å². The summed E-state index contributed by atoms with van der Waals surface area (Å²) in [6.07, 6.45) is 0.620. The van der Waals surface area contributed by atoms with Gasteiger partial charge in [-0.05, 0) is 25.0 Å². The number of aryl methyl sites for hydroxylation is 3. The zero-order valence-corrected chi connectivity index (χ0v) is 14.0. The van der Waals surface area contributed by atoms with Gasteiger partial charge in [0, 0.05) is 18.3 Å². The number of benzene rings is 1. The Kier molecular flexibility index (Phi) is 3.09. The van der Waals surface area contributed by atoms with Gasteiger partial charge in [0.2, 0.25) is 0 Å². The van der Waals surface area contributed by atoms with Crippen molar-refractivity contribution < 1.29 is 0 Å². The molecule has 0 bridgehead atoms. The Hall–Kier alpha value is -2.47. The van der Waals surface area contributed by atoms with Crippen LogP contribution in [-0.4, -0.2) is 19.2 Å². The average molecular weight is 324 g/mol. The van der Waals surface area contributed by atoms with Crippen LogP contribution in [0.15, 0.2) is 35.1 Å². The molecule has 3 heterocycles. The third-order valence-electron chi connectivity index (χ3n) is 4.22. The lowest BCUT2D eigenvalue weighted by Gasteiger charge is -2.01. The fourth-order valence-corrected chi connectivity index (χ4v) is 3.95. The molecule has 0 aliphatic heterocycles. The van der Waals surface area contributed by atoms with Crippen LogP contribution in [0.3, 0.4) is 0 Å². The molecule has 23 heavy (non-hydrogen) atoms. The van der Waals surface area contributed by atoms with Crippen molar-refractivity contribution in [3.05, 3.63) is 62.6 Å². The van der Waals surface area contributed by atoms with Crippen molar-refractivity contribution in [3.8, 4) is 0 Å². The van der Waals surface area contributed by atoms with E-state index in [9.17, 15) is 4.79 Å². The zero-order valence-electron chi connectivity index (χ0n) is 13.2. The molecule has 0 atom stereocenters. The normalized spacial score (nSPS) is 11.6. The van der Waals surface area contributed by atoms with Gasteiger partial charge < -0.3 is 0 Å². The van der Waals surface area contributed by atoms with Crippen molar-refractivity contribution >= 4 is 27.2 Å². The van der Waals surface area contributed by atoms with E-state index < -0.39 is 0 Å². The first kappa shape index (κ1) is 14.1. The Bertz CT molecular complexity index is 1090. The van der Waals surface area contributed by atoms with Crippen LogP contribution in [0.25, 0.3) is 15.9 Å². The summed E-state index contributed by atoms with van der Waals surface area (Å²) in [5.41, 5.74) is 2.82. The Morgan fingerprint density at radius 3 is 2.65 bits per heavy atom. The molecule has 0 saturated heterocycles. The van der Waals surface area contributed by atoms with Crippen molar-refractivity contribution in [3.63, 3.8) is 0 Å². The first-order valence-corrected chi connectivity index (χ1v) is 8.26. The van der Waals surface area contributed by atoms with E-state index in [0.717, 1.165) is 15.8 Å². The quantitative estimate of drug-likeness (QED) is 0.570. The van der Waals surface area contributed by atoms with Crippen LogP contribution in [0.2, 0.25) is 0 Å². The van der Waals surface area contributed by atoms with Crippen molar-refractivity contribution in [1.29, 1.82) is 0 Å². The van der Waals surface area contributed by atoms with Gasteiger partial charge in [-0.15, -0.1) is 16.4 Å². The van der Waals surface area contributed by atoms with Gasteiger partial charge in [0.25, 0.3) is 0 Å². The standard InChI is InChI=1S/C17H16N4OS/c1-10-11(2)23-16-14(10)15-18-13(9-12-7-5-4-6-8-12)19-21(15)17(22)20(16)3/h4-8H,9H2,1-3H3. The maximum absolute atomic E-state index is 12.6. The van der Waals surface area contributed by atoms with Gasteiger partial charge in [-0.2, -0.15) is 4.52 Å². The molecule has 0 spiro atoms. The van der Waals surface area contributed by atoms with Crippen LogP contribution in [0, 0.1) is 13.8 Å². The maximum Gasteiger partial charge on any atom is 0.351 e. The minimum atomic E-state index is -0.152. The van der Waals surface area contributed by atoms with Gasteiger partial charge in [-0.1, -0.05) is 30.3 Å². The Labute approximate surface area is 136 Å². The highest BCUT2D eigenvalue weighted by Crippen LogP contribution is 2.31. The molecule has 0 amide bonds. The number of fused-ring (bicyclic) bond motifs is 3. The highest BCUT2D eigenvalue weighted by atomic mass is 32.1. The van der Waals surface area contributed by atoms with E-state index in [-0.39, 0.29) is 5.69 Å². The second-order valence-electron chi connectivity index (χ2n) is 5.73. The van der Waals surface area contributed by atoms with Crippen LogP contribution < -0.4 is 5.69 Å². The lowest BCUT2D eigenvalue weighted by Crippen LogP contribution is -2.25. The molecule has 0 aliphatic rings. The molecule has 0 N–H and O–H groups in total. The summed E-state index contributed by atoms with van der Waals surface area (Å²) in [5.74, 6) is 0.670. The molecule has 4 aromatic rings. The monoisotopic (exact) mass is 324 g/mol. The maximum atomic E-state index is 12.6. The summed E-state index contributed by atoms with van der Waals surface area (Å²) in [4.78, 5) is 19.4. The van der Waals surface area contributed by atoms with E-state index in [4.69, 9.17) is 0 Å². The number of hydrogen-bond donors (Lipinski definition) is 0. The third-order valence-corrected chi connectivity index (χ3v) is 5.50. The first-order valence-electron chi connectivity index (χ1n) is 7.44. The zero-order chi connectivity index (χ0) is 16.1. The predicted molar refractivity (Wildman–Crippen MR) is 92.3 cm³/mol. The number of nitrogens with zero attached hydrogens (tertiary/aromatic N) is 4. The summed E-state index contributed by atoms with van der Waals surface area (Å²) >= 11 is 1.63. The molecule has 116 valence electrons. The van der Waals surface area contributed by atoms with E-state index in [1.807, 2.05) is 30.3 Å². The van der Waals surface area contributed by atoms with E-state index in [0.29, 0.717) is 17.9 Å². The van der Waals surface area contributed by atoms with Gasteiger partial charge in [0.15, 0.2) is 11.5 Å². The third kappa shape index (κ3) is 2.09. The summed E-state index contributed by atoms with van der Waals surface area (Å²) in [6.45, 7) is 4.15. The molecule has 5 nitrogen and oxygen atoms in total. The summed E-state index contributed by atoms with van der Waals surface area (Å²) in [5, 5.41) is 5.47. The SMILES string of the molecule is Cc1sc2c(c1C)c1nc(Cc3ccccc3)nn1c(=O)n2C.